The van der Waals surface area contributed by atoms with Gasteiger partial charge in [-0.15, -0.1) is 0 Å². The molecule has 6 heteroatoms. The number of fused-ring (bicyclic) bond motifs is 2. The quantitative estimate of drug-likeness (QED) is 0.846. The largest absolute Gasteiger partial charge is 0.497 e. The van der Waals surface area contributed by atoms with E-state index < -0.39 is 0 Å². The van der Waals surface area contributed by atoms with Crippen LogP contribution in [0.5, 0.6) is 5.75 Å². The molecule has 6 nitrogen and oxygen atoms in total. The summed E-state index contributed by atoms with van der Waals surface area (Å²) in [5.41, 5.74) is 1.04. The lowest BCUT2D eigenvalue weighted by Crippen LogP contribution is -2.51. The van der Waals surface area contributed by atoms with E-state index in [0.717, 1.165) is 30.6 Å². The molecular formula is C18H25N3O3. The molecule has 0 radical (unpaired) electrons. The monoisotopic (exact) mass is 331 g/mol. The molecule has 24 heavy (non-hydrogen) atoms. The van der Waals surface area contributed by atoms with E-state index in [-0.39, 0.29) is 23.9 Å². The average molecular weight is 331 g/mol. The van der Waals surface area contributed by atoms with Gasteiger partial charge in [-0.25, -0.2) is 0 Å². The van der Waals surface area contributed by atoms with Crippen LogP contribution in [0.3, 0.4) is 0 Å². The molecule has 2 bridgehead atoms. The number of carbonyl (C=O) groups is 2. The number of amides is 2. The van der Waals surface area contributed by atoms with E-state index in [1.807, 2.05) is 24.3 Å². The standard InChI is InChI=1S/C18H25N3O3/c1-24-16-7-5-13(6-8-16)10-19-18(23)12-21-14-3-2-4-15(21)11-20-17(22)9-14/h5-8,14-15H,2-4,9-12H2,1H3,(H,19,23)(H,20,22)/t14-,15-/m1/s1. The summed E-state index contributed by atoms with van der Waals surface area (Å²) in [6.07, 6.45) is 3.68. The van der Waals surface area contributed by atoms with E-state index in [2.05, 4.69) is 15.5 Å². The van der Waals surface area contributed by atoms with Gasteiger partial charge < -0.3 is 15.4 Å². The second-order valence-corrected chi connectivity index (χ2v) is 6.54. The van der Waals surface area contributed by atoms with Crippen molar-refractivity contribution in [2.45, 2.75) is 44.3 Å². The summed E-state index contributed by atoms with van der Waals surface area (Å²) in [6, 6.07) is 8.14. The van der Waals surface area contributed by atoms with Crippen LogP contribution in [-0.4, -0.2) is 49.0 Å². The number of nitrogens with one attached hydrogen (secondary N) is 2. The van der Waals surface area contributed by atoms with Crippen molar-refractivity contribution < 1.29 is 14.3 Å². The van der Waals surface area contributed by atoms with Crippen LogP contribution in [0.2, 0.25) is 0 Å². The third-order valence-corrected chi connectivity index (χ3v) is 4.94. The van der Waals surface area contributed by atoms with Crippen LogP contribution in [0, 0.1) is 0 Å². The number of rotatable bonds is 5. The lowest BCUT2D eigenvalue weighted by Gasteiger charge is -2.39. The van der Waals surface area contributed by atoms with Crippen molar-refractivity contribution >= 4 is 11.8 Å². The predicted octanol–water partition coefficient (Wildman–Crippen LogP) is 1.05. The first-order valence-corrected chi connectivity index (χ1v) is 8.58. The van der Waals surface area contributed by atoms with E-state index in [1.165, 1.54) is 0 Å². The van der Waals surface area contributed by atoms with Crippen LogP contribution >= 0.6 is 0 Å². The Bertz CT molecular complexity index is 588. The highest BCUT2D eigenvalue weighted by molar-refractivity contribution is 5.79. The SMILES string of the molecule is COc1ccc(CNC(=O)CN2[C@@H]3CCC[C@@H]2CC(=O)NC3)cc1. The first-order chi connectivity index (χ1) is 11.7. The molecule has 130 valence electrons. The topological polar surface area (TPSA) is 70.7 Å². The zero-order valence-corrected chi connectivity index (χ0v) is 14.1. The fraction of sp³-hybridized carbons (Fsp3) is 0.556. The zero-order chi connectivity index (χ0) is 16.9. The lowest BCUT2D eigenvalue weighted by atomic mass is 9.94. The summed E-state index contributed by atoms with van der Waals surface area (Å²) in [6.45, 7) is 1.52. The van der Waals surface area contributed by atoms with Gasteiger partial charge in [0.15, 0.2) is 0 Å². The molecule has 0 spiro atoms. The van der Waals surface area contributed by atoms with Gasteiger partial charge in [0.2, 0.25) is 11.8 Å². The van der Waals surface area contributed by atoms with E-state index in [9.17, 15) is 9.59 Å². The molecule has 0 unspecified atom stereocenters. The Labute approximate surface area is 142 Å². The second-order valence-electron chi connectivity index (χ2n) is 6.54. The first-order valence-electron chi connectivity index (χ1n) is 8.58. The fourth-order valence-electron chi connectivity index (χ4n) is 3.60. The maximum Gasteiger partial charge on any atom is 0.234 e. The van der Waals surface area contributed by atoms with Crippen LogP contribution in [0.15, 0.2) is 24.3 Å². The van der Waals surface area contributed by atoms with Crippen LogP contribution in [-0.2, 0) is 16.1 Å². The molecule has 3 rings (SSSR count). The Morgan fingerprint density at radius 1 is 1.29 bits per heavy atom. The average Bonchev–Trinajstić information content (AvgIpc) is 2.68. The predicted molar refractivity (Wildman–Crippen MR) is 90.6 cm³/mol. The molecule has 1 aromatic rings. The Morgan fingerprint density at radius 3 is 2.79 bits per heavy atom. The molecule has 0 aromatic heterocycles. The highest BCUT2D eigenvalue weighted by Crippen LogP contribution is 2.26. The van der Waals surface area contributed by atoms with Gasteiger partial charge in [0.05, 0.1) is 13.7 Å². The minimum Gasteiger partial charge on any atom is -0.497 e. The molecular weight excluding hydrogens is 306 g/mol. The molecule has 2 heterocycles. The molecule has 2 amide bonds. The molecule has 2 atom stereocenters. The maximum atomic E-state index is 12.3. The number of ether oxygens (including phenoxy) is 1. The van der Waals surface area contributed by atoms with Crippen molar-refractivity contribution in [3.8, 4) is 5.75 Å². The van der Waals surface area contributed by atoms with Gasteiger partial charge in [-0.3, -0.25) is 14.5 Å². The number of benzene rings is 1. The third kappa shape index (κ3) is 4.06. The number of methoxy groups -OCH3 is 1. The molecule has 0 aliphatic carbocycles. The summed E-state index contributed by atoms with van der Waals surface area (Å²) in [5.74, 6) is 0.921. The molecule has 1 aromatic carbocycles. The number of hydrogen-bond donors (Lipinski definition) is 2. The van der Waals surface area contributed by atoms with Crippen molar-refractivity contribution in [2.24, 2.45) is 0 Å². The summed E-state index contributed by atoms with van der Waals surface area (Å²) >= 11 is 0. The maximum absolute atomic E-state index is 12.3. The normalized spacial score (nSPS) is 24.0. The molecule has 0 saturated carbocycles. The lowest BCUT2D eigenvalue weighted by molar-refractivity contribution is -0.125. The highest BCUT2D eigenvalue weighted by atomic mass is 16.5. The third-order valence-electron chi connectivity index (χ3n) is 4.94. The summed E-state index contributed by atoms with van der Waals surface area (Å²) in [5, 5.41) is 5.94. The molecule has 2 aliphatic heterocycles. The molecule has 2 saturated heterocycles. The smallest absolute Gasteiger partial charge is 0.234 e. The van der Waals surface area contributed by atoms with E-state index in [0.29, 0.717) is 26.1 Å². The molecule has 2 aliphatic rings. The highest BCUT2D eigenvalue weighted by Gasteiger charge is 2.35. The first kappa shape index (κ1) is 16.8. The number of nitrogens with zero attached hydrogens (tertiary/aromatic N) is 1. The number of piperidine rings is 1. The summed E-state index contributed by atoms with van der Waals surface area (Å²) in [7, 11) is 1.63. The van der Waals surface area contributed by atoms with Crippen molar-refractivity contribution in [3.63, 3.8) is 0 Å². The van der Waals surface area contributed by atoms with Gasteiger partial charge >= 0.3 is 0 Å². The second kappa shape index (κ2) is 7.66. The van der Waals surface area contributed by atoms with Crippen molar-refractivity contribution in [1.82, 2.24) is 15.5 Å². The van der Waals surface area contributed by atoms with Crippen LogP contribution in [0.25, 0.3) is 0 Å². The molecule has 2 fully saturated rings. The van der Waals surface area contributed by atoms with E-state index >= 15 is 0 Å². The summed E-state index contributed by atoms with van der Waals surface area (Å²) in [4.78, 5) is 26.3. The van der Waals surface area contributed by atoms with Gasteiger partial charge in [-0.1, -0.05) is 18.6 Å². The van der Waals surface area contributed by atoms with Crippen LogP contribution in [0.4, 0.5) is 0 Å². The fourth-order valence-corrected chi connectivity index (χ4v) is 3.60. The van der Waals surface area contributed by atoms with Crippen LogP contribution in [0.1, 0.15) is 31.2 Å². The number of carbonyl (C=O) groups excluding carboxylic acids is 2. The van der Waals surface area contributed by atoms with E-state index in [1.54, 1.807) is 7.11 Å². The zero-order valence-electron chi connectivity index (χ0n) is 14.1. The Balaban J connectivity index is 1.54. The van der Waals surface area contributed by atoms with Gasteiger partial charge in [0.1, 0.15) is 5.75 Å². The van der Waals surface area contributed by atoms with Gasteiger partial charge in [0.25, 0.3) is 0 Å². The van der Waals surface area contributed by atoms with Crippen molar-refractivity contribution in [3.05, 3.63) is 29.8 Å². The van der Waals surface area contributed by atoms with Crippen molar-refractivity contribution in [1.29, 1.82) is 0 Å². The van der Waals surface area contributed by atoms with Gasteiger partial charge in [-0.2, -0.15) is 0 Å². The van der Waals surface area contributed by atoms with E-state index in [4.69, 9.17) is 4.74 Å². The van der Waals surface area contributed by atoms with Crippen LogP contribution < -0.4 is 15.4 Å². The minimum atomic E-state index is 0.0112. The Morgan fingerprint density at radius 2 is 2.04 bits per heavy atom. The molecule has 2 N–H and O–H groups in total. The van der Waals surface area contributed by atoms with Crippen molar-refractivity contribution in [2.75, 3.05) is 20.2 Å². The van der Waals surface area contributed by atoms with Gasteiger partial charge in [-0.05, 0) is 30.5 Å². The summed E-state index contributed by atoms with van der Waals surface area (Å²) < 4.78 is 5.13. The Hall–Kier alpha value is -2.08. The van der Waals surface area contributed by atoms with Gasteiger partial charge in [0, 0.05) is 31.6 Å². The number of hydrogen-bond acceptors (Lipinski definition) is 4. The minimum absolute atomic E-state index is 0.0112. The Kier molecular flexibility index (Phi) is 5.35.